The minimum atomic E-state index is -4.14. The highest BCUT2D eigenvalue weighted by Crippen LogP contribution is 2.19. The van der Waals surface area contributed by atoms with Crippen LogP contribution in [0.3, 0.4) is 0 Å². The van der Waals surface area contributed by atoms with Crippen LogP contribution in [0, 0.1) is 5.82 Å². The summed E-state index contributed by atoms with van der Waals surface area (Å²) < 4.78 is 40.7. The highest BCUT2D eigenvalue weighted by molar-refractivity contribution is 7.89. The van der Waals surface area contributed by atoms with E-state index in [9.17, 15) is 22.4 Å². The van der Waals surface area contributed by atoms with E-state index in [4.69, 9.17) is 5.11 Å². The molecule has 0 spiro atoms. The maximum Gasteiger partial charge on any atom is 0.305 e. The van der Waals surface area contributed by atoms with Crippen LogP contribution in [-0.2, 0) is 26.0 Å². The summed E-state index contributed by atoms with van der Waals surface area (Å²) in [6.07, 6.45) is -0.335. The molecule has 0 aliphatic carbocycles. The average molecular weight is 444 g/mol. The molecule has 0 aromatic heterocycles. The first kappa shape index (κ1) is 22.4. The fourth-order valence-corrected chi connectivity index (χ4v) is 4.29. The first-order chi connectivity index (χ1) is 14.7. The van der Waals surface area contributed by atoms with Crippen molar-refractivity contribution in [3.63, 3.8) is 0 Å². The molecule has 3 aromatic rings. The molecule has 0 aliphatic heterocycles. The summed E-state index contributed by atoms with van der Waals surface area (Å²) in [4.78, 5) is 23.6. The van der Waals surface area contributed by atoms with E-state index >= 15 is 0 Å². The molecule has 0 saturated heterocycles. The zero-order valence-electron chi connectivity index (χ0n) is 16.4. The number of carboxylic acids is 1. The summed E-state index contributed by atoms with van der Waals surface area (Å²) in [5, 5.41) is 13.2. The van der Waals surface area contributed by atoms with Crippen molar-refractivity contribution in [2.75, 3.05) is 6.54 Å². The van der Waals surface area contributed by atoms with Gasteiger partial charge in [0.25, 0.3) is 0 Å². The molecule has 1 atom stereocenters. The number of fused-ring (bicyclic) bond motifs is 1. The van der Waals surface area contributed by atoms with Crippen molar-refractivity contribution in [2.45, 2.75) is 23.8 Å². The minimum Gasteiger partial charge on any atom is -0.481 e. The lowest BCUT2D eigenvalue weighted by Crippen LogP contribution is -2.48. The standard InChI is InChI=1S/C22H21FN2O5S/c23-18-8-5-15(6-9-18)11-12-24-22(28)20(14-21(26)27)25-31(29,30)19-10-7-16-3-1-2-4-17(16)13-19/h1-10,13,20,25H,11-12,14H2,(H,24,28)(H,26,27)/t20-/m0/s1. The Bertz CT molecular complexity index is 1200. The fourth-order valence-electron chi connectivity index (χ4n) is 3.06. The van der Waals surface area contributed by atoms with Crippen LogP contribution in [0.1, 0.15) is 12.0 Å². The van der Waals surface area contributed by atoms with Crippen LogP contribution in [0.2, 0.25) is 0 Å². The zero-order chi connectivity index (χ0) is 22.4. The second-order valence-electron chi connectivity index (χ2n) is 6.95. The number of benzene rings is 3. The van der Waals surface area contributed by atoms with Gasteiger partial charge in [-0.2, -0.15) is 4.72 Å². The van der Waals surface area contributed by atoms with Gasteiger partial charge in [-0.05, 0) is 47.0 Å². The highest BCUT2D eigenvalue weighted by atomic mass is 32.2. The maximum atomic E-state index is 13.0. The summed E-state index contributed by atoms with van der Waals surface area (Å²) in [7, 11) is -4.14. The molecule has 3 rings (SSSR count). The van der Waals surface area contributed by atoms with Gasteiger partial charge in [0.05, 0.1) is 11.3 Å². The van der Waals surface area contributed by atoms with Crippen LogP contribution in [0.5, 0.6) is 0 Å². The Morgan fingerprint density at radius 3 is 2.32 bits per heavy atom. The van der Waals surface area contributed by atoms with Crippen molar-refractivity contribution in [2.24, 2.45) is 0 Å². The second-order valence-corrected chi connectivity index (χ2v) is 8.66. The maximum absolute atomic E-state index is 13.0. The number of sulfonamides is 1. The van der Waals surface area contributed by atoms with Crippen LogP contribution < -0.4 is 10.0 Å². The number of hydrogen-bond donors (Lipinski definition) is 3. The van der Waals surface area contributed by atoms with Crippen molar-refractivity contribution < 1.29 is 27.5 Å². The van der Waals surface area contributed by atoms with Crippen molar-refractivity contribution in [1.29, 1.82) is 0 Å². The number of halogens is 1. The number of nitrogens with one attached hydrogen (secondary N) is 2. The van der Waals surface area contributed by atoms with E-state index in [1.165, 1.54) is 24.3 Å². The van der Waals surface area contributed by atoms with Crippen LogP contribution in [0.4, 0.5) is 4.39 Å². The Kier molecular flexibility index (Phi) is 6.98. The minimum absolute atomic E-state index is 0.0688. The van der Waals surface area contributed by atoms with Gasteiger partial charge in [-0.3, -0.25) is 9.59 Å². The molecule has 3 N–H and O–H groups in total. The van der Waals surface area contributed by atoms with E-state index in [2.05, 4.69) is 10.0 Å². The molecular weight excluding hydrogens is 423 g/mol. The lowest BCUT2D eigenvalue weighted by molar-refractivity contribution is -0.139. The van der Waals surface area contributed by atoms with Gasteiger partial charge in [0.15, 0.2) is 0 Å². The van der Waals surface area contributed by atoms with Crippen molar-refractivity contribution >= 4 is 32.7 Å². The van der Waals surface area contributed by atoms with Gasteiger partial charge in [0, 0.05) is 6.54 Å². The predicted octanol–water partition coefficient (Wildman–Crippen LogP) is 2.46. The Morgan fingerprint density at radius 1 is 0.968 bits per heavy atom. The molecule has 3 aromatic carbocycles. The Hall–Kier alpha value is -3.30. The fraction of sp³-hybridized carbons (Fsp3) is 0.182. The van der Waals surface area contributed by atoms with Gasteiger partial charge in [0.2, 0.25) is 15.9 Å². The third kappa shape index (κ3) is 6.09. The average Bonchev–Trinajstić information content (AvgIpc) is 2.73. The van der Waals surface area contributed by atoms with Gasteiger partial charge < -0.3 is 10.4 Å². The van der Waals surface area contributed by atoms with Crippen molar-refractivity contribution in [3.05, 3.63) is 78.1 Å². The van der Waals surface area contributed by atoms with Crippen LogP contribution >= 0.6 is 0 Å². The number of hydrogen-bond acceptors (Lipinski definition) is 4. The third-order valence-electron chi connectivity index (χ3n) is 4.65. The molecule has 31 heavy (non-hydrogen) atoms. The topological polar surface area (TPSA) is 113 Å². The molecule has 0 saturated carbocycles. The van der Waals surface area contributed by atoms with E-state index in [-0.39, 0.29) is 17.3 Å². The van der Waals surface area contributed by atoms with Crippen LogP contribution in [0.25, 0.3) is 10.8 Å². The van der Waals surface area contributed by atoms with E-state index in [0.717, 1.165) is 10.9 Å². The predicted molar refractivity (Wildman–Crippen MR) is 113 cm³/mol. The molecule has 0 unspecified atom stereocenters. The number of carbonyl (C=O) groups is 2. The lowest BCUT2D eigenvalue weighted by atomic mass is 10.1. The number of carboxylic acid groups (broad SMARTS) is 1. The first-order valence-electron chi connectivity index (χ1n) is 9.50. The molecule has 0 bridgehead atoms. The summed E-state index contributed by atoms with van der Waals surface area (Å²) in [5.74, 6) is -2.45. The van der Waals surface area contributed by atoms with E-state index < -0.39 is 34.4 Å². The van der Waals surface area contributed by atoms with E-state index in [0.29, 0.717) is 11.8 Å². The summed E-state index contributed by atoms with van der Waals surface area (Å²) in [5.41, 5.74) is 0.772. The normalized spacial score (nSPS) is 12.4. The monoisotopic (exact) mass is 444 g/mol. The summed E-state index contributed by atoms with van der Waals surface area (Å²) >= 11 is 0. The summed E-state index contributed by atoms with van der Waals surface area (Å²) in [6, 6.07) is 15.9. The first-order valence-corrected chi connectivity index (χ1v) is 11.0. The van der Waals surface area contributed by atoms with Gasteiger partial charge in [-0.15, -0.1) is 0 Å². The Morgan fingerprint density at radius 2 is 1.65 bits per heavy atom. The molecule has 0 heterocycles. The summed E-state index contributed by atoms with van der Waals surface area (Å²) in [6.45, 7) is 0.137. The molecule has 1 amide bonds. The number of amides is 1. The molecule has 9 heteroatoms. The molecule has 0 radical (unpaired) electrons. The van der Waals surface area contributed by atoms with E-state index in [1.54, 1.807) is 30.3 Å². The van der Waals surface area contributed by atoms with Gasteiger partial charge >= 0.3 is 5.97 Å². The van der Waals surface area contributed by atoms with Crippen LogP contribution in [-0.4, -0.2) is 38.0 Å². The van der Waals surface area contributed by atoms with Gasteiger partial charge in [-0.25, -0.2) is 12.8 Å². The molecule has 0 fully saturated rings. The Balaban J connectivity index is 1.70. The van der Waals surface area contributed by atoms with E-state index in [1.807, 2.05) is 12.1 Å². The molecular formula is C22H21FN2O5S. The zero-order valence-corrected chi connectivity index (χ0v) is 17.2. The SMILES string of the molecule is O=C(O)C[C@H](NS(=O)(=O)c1ccc2ccccc2c1)C(=O)NCCc1ccc(F)cc1. The molecule has 162 valence electrons. The number of rotatable bonds is 9. The molecule has 0 aliphatic rings. The van der Waals surface area contributed by atoms with Gasteiger partial charge in [0.1, 0.15) is 11.9 Å². The second kappa shape index (κ2) is 9.67. The van der Waals surface area contributed by atoms with Crippen molar-refractivity contribution in [3.8, 4) is 0 Å². The third-order valence-corrected chi connectivity index (χ3v) is 6.12. The van der Waals surface area contributed by atoms with Crippen molar-refractivity contribution in [1.82, 2.24) is 10.0 Å². The molecule has 7 nitrogen and oxygen atoms in total. The van der Waals surface area contributed by atoms with Gasteiger partial charge in [-0.1, -0.05) is 42.5 Å². The number of aliphatic carboxylic acids is 1. The number of carbonyl (C=O) groups excluding carboxylic acids is 1. The quantitative estimate of drug-likeness (QED) is 0.469. The highest BCUT2D eigenvalue weighted by Gasteiger charge is 2.28. The van der Waals surface area contributed by atoms with Crippen LogP contribution in [0.15, 0.2) is 71.6 Å². The largest absolute Gasteiger partial charge is 0.481 e. The smallest absolute Gasteiger partial charge is 0.305 e. The lowest BCUT2D eigenvalue weighted by Gasteiger charge is -2.17. The Labute approximate surface area is 179 Å².